The Hall–Kier alpha value is -1.51. The molecule has 0 radical (unpaired) electrons. The van der Waals surface area contributed by atoms with Gasteiger partial charge in [-0.15, -0.1) is 0 Å². The highest BCUT2D eigenvalue weighted by Gasteiger charge is 2.52. The molecular weight excluding hydrogens is 354 g/mol. The van der Waals surface area contributed by atoms with Gasteiger partial charge < -0.3 is 10.1 Å². The van der Waals surface area contributed by atoms with Gasteiger partial charge in [0.2, 0.25) is 15.9 Å². The standard InChI is InChI=1S/C18H25N3O4S/c1-26(23,24)21-10-6-13(7-11-21)20-18(22)17-15-3-2-14(25-15)16(17)12-4-8-19-9-5-12/h4-5,8-9,13-17H,2-3,6-7,10-11H2,1H3,(H,20,22)/t14-,15?,16+,17+/m0/s1. The summed E-state index contributed by atoms with van der Waals surface area (Å²) in [5.74, 6) is -0.0613. The molecule has 7 nitrogen and oxygen atoms in total. The topological polar surface area (TPSA) is 88.6 Å². The number of hydrogen-bond acceptors (Lipinski definition) is 5. The number of aromatic nitrogens is 1. The van der Waals surface area contributed by atoms with Crippen LogP contribution in [0, 0.1) is 5.92 Å². The SMILES string of the molecule is CS(=O)(=O)N1CCC(NC(=O)[C@@H]2C3CC[C@H](O3)[C@H]2c2ccncc2)CC1. The van der Waals surface area contributed by atoms with Crippen LogP contribution in [0.4, 0.5) is 0 Å². The Morgan fingerprint density at radius 1 is 1.15 bits per heavy atom. The number of nitrogens with one attached hydrogen (secondary N) is 1. The molecule has 26 heavy (non-hydrogen) atoms. The third kappa shape index (κ3) is 3.37. The number of carbonyl (C=O) groups excluding carboxylic acids is 1. The largest absolute Gasteiger partial charge is 0.373 e. The second-order valence-corrected chi connectivity index (χ2v) is 9.55. The van der Waals surface area contributed by atoms with Crippen LogP contribution in [0.5, 0.6) is 0 Å². The highest BCUT2D eigenvalue weighted by Crippen LogP contribution is 2.48. The van der Waals surface area contributed by atoms with E-state index in [0.29, 0.717) is 25.9 Å². The summed E-state index contributed by atoms with van der Waals surface area (Å²) in [5.41, 5.74) is 1.11. The summed E-state index contributed by atoms with van der Waals surface area (Å²) in [5, 5.41) is 3.16. The molecule has 3 fully saturated rings. The van der Waals surface area contributed by atoms with Gasteiger partial charge in [-0.05, 0) is 43.4 Å². The van der Waals surface area contributed by atoms with E-state index >= 15 is 0 Å². The fourth-order valence-corrected chi connectivity index (χ4v) is 5.52. The van der Waals surface area contributed by atoms with Gasteiger partial charge in [0.15, 0.2) is 0 Å². The minimum Gasteiger partial charge on any atom is -0.373 e. The lowest BCUT2D eigenvalue weighted by Crippen LogP contribution is -2.49. The van der Waals surface area contributed by atoms with Gasteiger partial charge >= 0.3 is 0 Å². The molecule has 4 rings (SSSR count). The van der Waals surface area contributed by atoms with E-state index in [4.69, 9.17) is 4.74 Å². The van der Waals surface area contributed by atoms with Crippen LogP contribution >= 0.6 is 0 Å². The molecule has 3 aliphatic heterocycles. The summed E-state index contributed by atoms with van der Waals surface area (Å²) in [7, 11) is -3.15. The smallest absolute Gasteiger partial charge is 0.226 e. The minimum atomic E-state index is -3.15. The number of piperidine rings is 1. The Balaban J connectivity index is 1.43. The first-order valence-electron chi connectivity index (χ1n) is 9.24. The molecule has 0 saturated carbocycles. The second kappa shape index (κ2) is 6.90. The van der Waals surface area contributed by atoms with Crippen LogP contribution in [0.1, 0.15) is 37.2 Å². The van der Waals surface area contributed by atoms with E-state index < -0.39 is 10.0 Å². The molecule has 142 valence electrons. The molecule has 0 aliphatic carbocycles. The summed E-state index contributed by atoms with van der Waals surface area (Å²) >= 11 is 0. The van der Waals surface area contributed by atoms with E-state index in [-0.39, 0.29) is 36.0 Å². The van der Waals surface area contributed by atoms with Crippen LogP contribution in [0.2, 0.25) is 0 Å². The van der Waals surface area contributed by atoms with Crippen LogP contribution < -0.4 is 5.32 Å². The summed E-state index contributed by atoms with van der Waals surface area (Å²) in [6.45, 7) is 0.926. The third-order valence-corrected chi connectivity index (χ3v) is 7.24. The van der Waals surface area contributed by atoms with Gasteiger partial charge in [-0.2, -0.15) is 0 Å². The molecule has 1 N–H and O–H groups in total. The van der Waals surface area contributed by atoms with Gasteiger partial charge in [0.1, 0.15) is 0 Å². The monoisotopic (exact) mass is 379 g/mol. The van der Waals surface area contributed by atoms with Crippen molar-refractivity contribution < 1.29 is 17.9 Å². The van der Waals surface area contributed by atoms with Crippen molar-refractivity contribution in [2.45, 2.75) is 49.9 Å². The van der Waals surface area contributed by atoms with Gasteiger partial charge in [-0.25, -0.2) is 12.7 Å². The van der Waals surface area contributed by atoms with Crippen molar-refractivity contribution in [3.8, 4) is 0 Å². The van der Waals surface area contributed by atoms with Gasteiger partial charge in [-0.1, -0.05) is 0 Å². The van der Waals surface area contributed by atoms with Crippen LogP contribution in [0.15, 0.2) is 24.5 Å². The van der Waals surface area contributed by atoms with Crippen LogP contribution in [-0.4, -0.2) is 61.2 Å². The fraction of sp³-hybridized carbons (Fsp3) is 0.667. The van der Waals surface area contributed by atoms with Crippen LogP contribution in [-0.2, 0) is 19.6 Å². The van der Waals surface area contributed by atoms with Crippen LogP contribution in [0.25, 0.3) is 0 Å². The summed E-state index contributed by atoms with van der Waals surface area (Å²) in [4.78, 5) is 17.1. The predicted molar refractivity (Wildman–Crippen MR) is 95.9 cm³/mol. The molecule has 3 saturated heterocycles. The fourth-order valence-electron chi connectivity index (χ4n) is 4.65. The molecule has 4 atom stereocenters. The zero-order chi connectivity index (χ0) is 18.3. The number of ether oxygens (including phenoxy) is 1. The van der Waals surface area contributed by atoms with Gasteiger partial charge in [0.05, 0.1) is 24.4 Å². The van der Waals surface area contributed by atoms with Gasteiger partial charge in [0, 0.05) is 37.4 Å². The Labute approximate surface area is 154 Å². The lowest BCUT2D eigenvalue weighted by molar-refractivity contribution is -0.127. The number of hydrogen-bond donors (Lipinski definition) is 1. The minimum absolute atomic E-state index is 0.0192. The maximum Gasteiger partial charge on any atom is 0.226 e. The summed E-state index contributed by atoms with van der Waals surface area (Å²) < 4.78 is 30.8. The van der Waals surface area contributed by atoms with Gasteiger partial charge in [0.25, 0.3) is 0 Å². The van der Waals surface area contributed by atoms with Crippen molar-refractivity contribution in [3.63, 3.8) is 0 Å². The molecule has 1 amide bonds. The summed E-state index contributed by atoms with van der Waals surface area (Å²) in [6, 6.07) is 3.97. The normalized spacial score (nSPS) is 32.7. The van der Waals surface area contributed by atoms with Gasteiger partial charge in [-0.3, -0.25) is 9.78 Å². The summed E-state index contributed by atoms with van der Waals surface area (Å²) in [6.07, 6.45) is 8.07. The molecule has 1 unspecified atom stereocenters. The van der Waals surface area contributed by atoms with Crippen molar-refractivity contribution in [3.05, 3.63) is 30.1 Å². The lowest BCUT2D eigenvalue weighted by Gasteiger charge is -2.33. The molecule has 3 aliphatic rings. The van der Waals surface area contributed by atoms with E-state index in [1.807, 2.05) is 12.1 Å². The van der Waals surface area contributed by atoms with Crippen molar-refractivity contribution in [2.24, 2.45) is 5.92 Å². The Morgan fingerprint density at radius 2 is 1.81 bits per heavy atom. The maximum absolute atomic E-state index is 13.0. The van der Waals surface area contributed by atoms with Crippen LogP contribution in [0.3, 0.4) is 0 Å². The molecule has 1 aromatic heterocycles. The quantitative estimate of drug-likeness (QED) is 0.839. The Morgan fingerprint density at radius 3 is 2.46 bits per heavy atom. The molecule has 0 spiro atoms. The number of carbonyl (C=O) groups is 1. The molecule has 1 aromatic rings. The van der Waals surface area contributed by atoms with Crippen molar-refractivity contribution in [1.82, 2.24) is 14.6 Å². The number of amides is 1. The zero-order valence-electron chi connectivity index (χ0n) is 14.9. The van der Waals surface area contributed by atoms with E-state index in [1.54, 1.807) is 12.4 Å². The second-order valence-electron chi connectivity index (χ2n) is 7.57. The average Bonchev–Trinajstić information content (AvgIpc) is 3.23. The molecule has 8 heteroatoms. The molecule has 2 bridgehead atoms. The average molecular weight is 379 g/mol. The van der Waals surface area contributed by atoms with E-state index in [2.05, 4.69) is 10.3 Å². The lowest BCUT2D eigenvalue weighted by atomic mass is 9.75. The van der Waals surface area contributed by atoms with E-state index in [9.17, 15) is 13.2 Å². The van der Waals surface area contributed by atoms with Crippen molar-refractivity contribution in [1.29, 1.82) is 0 Å². The molecule has 0 aromatic carbocycles. The number of nitrogens with zero attached hydrogens (tertiary/aromatic N) is 2. The van der Waals surface area contributed by atoms with Crippen molar-refractivity contribution in [2.75, 3.05) is 19.3 Å². The Kier molecular flexibility index (Phi) is 4.75. The van der Waals surface area contributed by atoms with E-state index in [0.717, 1.165) is 18.4 Å². The third-order valence-electron chi connectivity index (χ3n) is 5.94. The maximum atomic E-state index is 13.0. The first kappa shape index (κ1) is 17.9. The molecule has 4 heterocycles. The van der Waals surface area contributed by atoms with Crippen molar-refractivity contribution >= 4 is 15.9 Å². The highest BCUT2D eigenvalue weighted by molar-refractivity contribution is 7.88. The Bertz CT molecular complexity index is 762. The first-order chi connectivity index (χ1) is 12.4. The first-order valence-corrected chi connectivity index (χ1v) is 11.1. The van der Waals surface area contributed by atoms with E-state index in [1.165, 1.54) is 10.6 Å². The number of sulfonamides is 1. The zero-order valence-corrected chi connectivity index (χ0v) is 15.7. The number of pyridine rings is 1. The molecular formula is C18H25N3O4S. The number of fused-ring (bicyclic) bond motifs is 2. The predicted octanol–water partition coefficient (Wildman–Crippen LogP) is 0.883. The highest BCUT2D eigenvalue weighted by atomic mass is 32.2. The number of rotatable bonds is 4.